The highest BCUT2D eigenvalue weighted by molar-refractivity contribution is 6.08. The lowest BCUT2D eigenvalue weighted by Gasteiger charge is -2.25. The Morgan fingerprint density at radius 2 is 1.90 bits per heavy atom. The summed E-state index contributed by atoms with van der Waals surface area (Å²) in [7, 11) is 1.59. The average molecular weight is 388 g/mol. The van der Waals surface area contributed by atoms with Gasteiger partial charge in [-0.05, 0) is 41.3 Å². The SMILES string of the molecule is CCc1ccc(C2(c3cccc(-c4ccccc4F)c3)N=C(N)N(C)C2=O)nc1. The van der Waals surface area contributed by atoms with Crippen LogP contribution >= 0.6 is 0 Å². The van der Waals surface area contributed by atoms with Crippen molar-refractivity contribution < 1.29 is 9.18 Å². The van der Waals surface area contributed by atoms with Crippen LogP contribution in [-0.2, 0) is 16.8 Å². The number of benzene rings is 2. The molecule has 0 radical (unpaired) electrons. The highest BCUT2D eigenvalue weighted by Crippen LogP contribution is 2.39. The molecule has 1 atom stereocenters. The van der Waals surface area contributed by atoms with Gasteiger partial charge in [0, 0.05) is 18.8 Å². The van der Waals surface area contributed by atoms with Crippen LogP contribution in [0.2, 0.25) is 0 Å². The molecule has 29 heavy (non-hydrogen) atoms. The third kappa shape index (κ3) is 2.97. The van der Waals surface area contributed by atoms with E-state index in [1.807, 2.05) is 19.1 Å². The molecule has 6 heteroatoms. The van der Waals surface area contributed by atoms with Crippen molar-refractivity contribution in [3.63, 3.8) is 0 Å². The van der Waals surface area contributed by atoms with Gasteiger partial charge in [-0.1, -0.05) is 49.4 Å². The van der Waals surface area contributed by atoms with Crippen LogP contribution in [0.4, 0.5) is 4.39 Å². The van der Waals surface area contributed by atoms with Crippen LogP contribution in [0.3, 0.4) is 0 Å². The van der Waals surface area contributed by atoms with Gasteiger partial charge in [-0.25, -0.2) is 9.38 Å². The van der Waals surface area contributed by atoms with E-state index in [1.165, 1.54) is 11.0 Å². The van der Waals surface area contributed by atoms with E-state index in [-0.39, 0.29) is 17.7 Å². The highest BCUT2D eigenvalue weighted by atomic mass is 19.1. The molecule has 2 aromatic carbocycles. The van der Waals surface area contributed by atoms with Gasteiger partial charge < -0.3 is 5.73 Å². The smallest absolute Gasteiger partial charge is 0.267 e. The zero-order chi connectivity index (χ0) is 20.6. The van der Waals surface area contributed by atoms with Crippen LogP contribution in [0.1, 0.15) is 23.7 Å². The molecule has 5 nitrogen and oxygen atoms in total. The number of aryl methyl sites for hydroxylation is 1. The zero-order valence-corrected chi connectivity index (χ0v) is 16.3. The number of nitrogens with two attached hydrogens (primary N) is 1. The molecule has 1 aliphatic rings. The van der Waals surface area contributed by atoms with E-state index in [0.717, 1.165) is 12.0 Å². The van der Waals surface area contributed by atoms with Crippen LogP contribution < -0.4 is 5.73 Å². The fourth-order valence-corrected chi connectivity index (χ4v) is 3.60. The number of carbonyl (C=O) groups is 1. The Hall–Kier alpha value is -3.54. The maximum Gasteiger partial charge on any atom is 0.267 e. The second kappa shape index (κ2) is 7.13. The summed E-state index contributed by atoms with van der Waals surface area (Å²) in [5.74, 6) is -0.507. The standard InChI is InChI=1S/C23H21FN4O/c1-3-15-11-12-20(26-14-15)23(21(29)28(2)22(25)27-23)17-8-6-7-16(13-17)18-9-4-5-10-19(18)24/h4-14H,3H2,1-2H3,(H2,25,27). The molecular formula is C23H21FN4O. The second-order valence-corrected chi connectivity index (χ2v) is 7.01. The number of rotatable bonds is 4. The number of guanidine groups is 1. The minimum atomic E-state index is -1.40. The largest absolute Gasteiger partial charge is 0.369 e. The van der Waals surface area contributed by atoms with E-state index in [4.69, 9.17) is 5.73 Å². The van der Waals surface area contributed by atoms with Gasteiger partial charge in [0.25, 0.3) is 5.91 Å². The van der Waals surface area contributed by atoms with Gasteiger partial charge in [-0.2, -0.15) is 0 Å². The molecule has 4 rings (SSSR count). The number of amides is 1. The number of pyridine rings is 1. The predicted molar refractivity (Wildman–Crippen MR) is 111 cm³/mol. The number of halogens is 1. The molecular weight excluding hydrogens is 367 g/mol. The maximum atomic E-state index is 14.4. The van der Waals surface area contributed by atoms with Gasteiger partial charge in [0.05, 0.1) is 5.69 Å². The van der Waals surface area contributed by atoms with Gasteiger partial charge in [0.2, 0.25) is 5.54 Å². The second-order valence-electron chi connectivity index (χ2n) is 7.01. The summed E-state index contributed by atoms with van der Waals surface area (Å²) >= 11 is 0. The number of aliphatic imine (C=N–C) groups is 1. The lowest BCUT2D eigenvalue weighted by atomic mass is 9.84. The first kappa shape index (κ1) is 18.8. The number of hydrogen-bond acceptors (Lipinski definition) is 4. The number of aromatic nitrogens is 1. The van der Waals surface area contributed by atoms with E-state index < -0.39 is 5.54 Å². The van der Waals surface area contributed by atoms with Crippen LogP contribution in [0, 0.1) is 5.82 Å². The molecule has 1 amide bonds. The van der Waals surface area contributed by atoms with Crippen LogP contribution in [0.15, 0.2) is 71.9 Å². The summed E-state index contributed by atoms with van der Waals surface area (Å²) in [6, 6.07) is 17.4. The van der Waals surface area contributed by atoms with E-state index in [0.29, 0.717) is 22.4 Å². The Balaban J connectivity index is 1.93. The number of likely N-dealkylation sites (N-methyl/N-ethyl adjacent to an activating group) is 1. The molecule has 0 saturated heterocycles. The molecule has 0 fully saturated rings. The Morgan fingerprint density at radius 3 is 2.52 bits per heavy atom. The third-order valence-corrected chi connectivity index (χ3v) is 5.31. The molecule has 0 saturated carbocycles. The van der Waals surface area contributed by atoms with Gasteiger partial charge in [0.1, 0.15) is 5.82 Å². The summed E-state index contributed by atoms with van der Waals surface area (Å²) in [4.78, 5) is 23.7. The number of hydrogen-bond donors (Lipinski definition) is 1. The quantitative estimate of drug-likeness (QED) is 0.744. The van der Waals surface area contributed by atoms with Crippen molar-refractivity contribution in [2.24, 2.45) is 10.7 Å². The maximum absolute atomic E-state index is 14.4. The molecule has 1 aromatic heterocycles. The molecule has 146 valence electrons. The summed E-state index contributed by atoms with van der Waals surface area (Å²) in [6.45, 7) is 2.04. The highest BCUT2D eigenvalue weighted by Gasteiger charge is 2.50. The minimum absolute atomic E-state index is 0.118. The van der Waals surface area contributed by atoms with Crippen molar-refractivity contribution in [2.45, 2.75) is 18.9 Å². The molecule has 1 aliphatic heterocycles. The van der Waals surface area contributed by atoms with E-state index in [9.17, 15) is 9.18 Å². The fraction of sp³-hybridized carbons (Fsp3) is 0.174. The summed E-state index contributed by atoms with van der Waals surface area (Å²) in [5.41, 5.74) is 7.86. The molecule has 0 spiro atoms. The molecule has 3 aromatic rings. The van der Waals surface area contributed by atoms with Gasteiger partial charge in [-0.3, -0.25) is 14.7 Å². The predicted octanol–water partition coefficient (Wildman–Crippen LogP) is 3.48. The zero-order valence-electron chi connectivity index (χ0n) is 16.3. The minimum Gasteiger partial charge on any atom is -0.369 e. The molecule has 0 bridgehead atoms. The monoisotopic (exact) mass is 388 g/mol. The third-order valence-electron chi connectivity index (χ3n) is 5.31. The molecule has 1 unspecified atom stereocenters. The number of nitrogens with zero attached hydrogens (tertiary/aromatic N) is 3. The number of carbonyl (C=O) groups excluding carboxylic acids is 1. The summed E-state index contributed by atoms with van der Waals surface area (Å²) in [6.07, 6.45) is 2.58. The van der Waals surface area contributed by atoms with Crippen molar-refractivity contribution in [1.82, 2.24) is 9.88 Å². The molecule has 0 aliphatic carbocycles. The topological polar surface area (TPSA) is 71.6 Å². The lowest BCUT2D eigenvalue weighted by molar-refractivity contribution is -0.129. The van der Waals surface area contributed by atoms with Crippen LogP contribution in [0.25, 0.3) is 11.1 Å². The first-order valence-electron chi connectivity index (χ1n) is 9.41. The average Bonchev–Trinajstić information content (AvgIpc) is 2.99. The Kier molecular flexibility index (Phi) is 4.62. The molecule has 2 N–H and O–H groups in total. The van der Waals surface area contributed by atoms with Crippen LogP contribution in [0.5, 0.6) is 0 Å². The van der Waals surface area contributed by atoms with Gasteiger partial charge in [-0.15, -0.1) is 0 Å². The van der Waals surface area contributed by atoms with Crippen molar-refractivity contribution >= 4 is 11.9 Å². The first-order chi connectivity index (χ1) is 14.0. The van der Waals surface area contributed by atoms with Crippen molar-refractivity contribution in [1.29, 1.82) is 0 Å². The Bertz CT molecular complexity index is 1110. The van der Waals surface area contributed by atoms with E-state index in [1.54, 1.807) is 55.7 Å². The summed E-state index contributed by atoms with van der Waals surface area (Å²) in [5, 5.41) is 0. The lowest BCUT2D eigenvalue weighted by Crippen LogP contribution is -2.41. The Morgan fingerprint density at radius 1 is 1.10 bits per heavy atom. The van der Waals surface area contributed by atoms with Gasteiger partial charge in [0.15, 0.2) is 5.96 Å². The van der Waals surface area contributed by atoms with Crippen molar-refractivity contribution in [2.75, 3.05) is 7.05 Å². The first-order valence-corrected chi connectivity index (χ1v) is 9.41. The van der Waals surface area contributed by atoms with Crippen molar-refractivity contribution in [3.05, 3.63) is 89.5 Å². The fourth-order valence-electron chi connectivity index (χ4n) is 3.60. The Labute approximate surface area is 168 Å². The molecule has 2 heterocycles. The van der Waals surface area contributed by atoms with Crippen molar-refractivity contribution in [3.8, 4) is 11.1 Å². The van der Waals surface area contributed by atoms with E-state index >= 15 is 0 Å². The van der Waals surface area contributed by atoms with Gasteiger partial charge >= 0.3 is 0 Å². The normalized spacial score (nSPS) is 18.8. The summed E-state index contributed by atoms with van der Waals surface area (Å²) < 4.78 is 14.4. The van der Waals surface area contributed by atoms with E-state index in [2.05, 4.69) is 9.98 Å². The van der Waals surface area contributed by atoms with Crippen LogP contribution in [-0.4, -0.2) is 28.8 Å².